The molecule has 18 atom stereocenters. The number of ether oxygens (including phenoxy) is 18. The highest BCUT2D eigenvalue weighted by Gasteiger charge is 2.55. The van der Waals surface area contributed by atoms with E-state index in [1.54, 1.807) is 6.08 Å². The molecule has 0 radical (unpaired) electrons. The van der Waals surface area contributed by atoms with E-state index in [1.807, 2.05) is 0 Å². The van der Waals surface area contributed by atoms with Gasteiger partial charge in [0.2, 0.25) is 47.3 Å². The van der Waals surface area contributed by atoms with E-state index >= 15 is 0 Å². The summed E-state index contributed by atoms with van der Waals surface area (Å²) < 4.78 is 104. The van der Waals surface area contributed by atoms with Crippen LogP contribution in [0.1, 0.15) is 231 Å². The maximum Gasteiger partial charge on any atom is 0.303 e. The lowest BCUT2D eigenvalue weighted by atomic mass is 9.91. The summed E-state index contributed by atoms with van der Waals surface area (Å²) in [5.74, 6) is -10.9. The van der Waals surface area contributed by atoms with Crippen LogP contribution in [0.15, 0.2) is 11.6 Å². The molecule has 4 rings (SSSR count). The molecule has 0 aromatic carbocycles. The topological polar surface area (TPSA) is 590 Å². The fourth-order valence-corrected chi connectivity index (χ4v) is 14.7. The normalized spacial score (nSPS) is 23.7. The largest absolute Gasteiger partial charge is 0.481 e. The number of hydrogen-bond acceptors (Lipinski definition) is 36. The van der Waals surface area contributed by atoms with Crippen LogP contribution < -0.4 is 42.5 Å². The molecule has 4 aliphatic rings. The lowest BCUT2D eigenvalue weighted by Crippen LogP contribution is -2.66. The summed E-state index contributed by atoms with van der Waals surface area (Å²) in [7, 11) is 0. The first kappa shape index (κ1) is 114. The van der Waals surface area contributed by atoms with Crippen molar-refractivity contribution in [2.75, 3.05) is 92.2 Å². The van der Waals surface area contributed by atoms with Gasteiger partial charge in [0, 0.05) is 180 Å². The van der Waals surface area contributed by atoms with Crippen molar-refractivity contribution in [1.82, 2.24) is 42.5 Å². The van der Waals surface area contributed by atoms with Crippen LogP contribution >= 0.6 is 0 Å². The number of carbonyl (C=O) groups is 18. The van der Waals surface area contributed by atoms with Crippen molar-refractivity contribution in [2.45, 2.75) is 341 Å². The molecule has 3 fully saturated rings. The second kappa shape index (κ2) is 63.9. The summed E-state index contributed by atoms with van der Waals surface area (Å²) in [5, 5.41) is 31.3. The van der Waals surface area contributed by atoms with Gasteiger partial charge in [-0.1, -0.05) is 44.9 Å². The van der Waals surface area contributed by atoms with Crippen molar-refractivity contribution < 1.29 is 177 Å². The number of aliphatic carboxylic acids is 1. The van der Waals surface area contributed by atoms with E-state index < -0.39 is 213 Å². The van der Waals surface area contributed by atoms with Crippen LogP contribution in [0.25, 0.3) is 0 Å². The van der Waals surface area contributed by atoms with E-state index in [4.69, 9.17) is 90.4 Å². The van der Waals surface area contributed by atoms with Crippen molar-refractivity contribution in [3.05, 3.63) is 11.6 Å². The Bertz CT molecular complexity index is 3740. The van der Waals surface area contributed by atoms with Crippen molar-refractivity contribution in [3.8, 4) is 0 Å². The molecule has 8 amide bonds. The summed E-state index contributed by atoms with van der Waals surface area (Å²) in [6.07, 6.45) is -7.74. The van der Waals surface area contributed by atoms with Crippen molar-refractivity contribution in [1.29, 1.82) is 0 Å². The number of unbranched alkanes of at least 4 members (excludes halogenated alkanes) is 12. The van der Waals surface area contributed by atoms with Crippen LogP contribution in [0.5, 0.6) is 0 Å². The van der Waals surface area contributed by atoms with Gasteiger partial charge in [-0.15, -0.1) is 0 Å². The number of carbonyl (C=O) groups excluding carboxylic acids is 17. The Hall–Kier alpha value is -10.2. The molecular formula is C87H138N8O37. The molecule has 3 heterocycles. The van der Waals surface area contributed by atoms with Crippen LogP contribution in [-0.2, 0) is 172 Å². The minimum atomic E-state index is -1.30. The zero-order chi connectivity index (χ0) is 97.6. The van der Waals surface area contributed by atoms with Gasteiger partial charge >= 0.3 is 59.7 Å². The van der Waals surface area contributed by atoms with Gasteiger partial charge in [-0.3, -0.25) is 86.3 Å². The van der Waals surface area contributed by atoms with Gasteiger partial charge in [0.25, 0.3) is 0 Å². The van der Waals surface area contributed by atoms with Crippen molar-refractivity contribution in [3.63, 3.8) is 0 Å². The van der Waals surface area contributed by atoms with E-state index in [9.17, 15) is 86.3 Å². The van der Waals surface area contributed by atoms with Gasteiger partial charge < -0.3 is 133 Å². The van der Waals surface area contributed by atoms with E-state index in [-0.39, 0.29) is 134 Å². The summed E-state index contributed by atoms with van der Waals surface area (Å²) in [5.41, 5.74) is 0.229. The molecule has 1 aliphatic carbocycles. The van der Waals surface area contributed by atoms with Crippen molar-refractivity contribution in [2.24, 2.45) is 0 Å². The first-order chi connectivity index (χ1) is 62.8. The fourth-order valence-electron chi connectivity index (χ4n) is 14.7. The van der Waals surface area contributed by atoms with Crippen LogP contribution in [0.3, 0.4) is 0 Å². The number of amides is 8. The van der Waals surface area contributed by atoms with E-state index in [0.29, 0.717) is 116 Å². The number of nitrogens with one attached hydrogen (secondary N) is 8. The molecule has 0 aromatic rings. The predicted octanol–water partition coefficient (Wildman–Crippen LogP) is 1.74. The molecule has 9 N–H and O–H groups in total. The molecule has 0 aromatic heterocycles. The fraction of sp³-hybridized carbons (Fsp3) is 0.770. The van der Waals surface area contributed by atoms with E-state index in [0.717, 1.165) is 41.5 Å². The number of hydrogen-bond donors (Lipinski definition) is 9. The molecule has 3 aliphatic heterocycles. The summed E-state index contributed by atoms with van der Waals surface area (Å²) in [6, 6.07) is -3.45. The number of carboxylic acid groups (broad SMARTS) is 1. The molecule has 0 bridgehead atoms. The van der Waals surface area contributed by atoms with Crippen LogP contribution in [0, 0.1) is 0 Å². The Kier molecular flexibility index (Phi) is 55.2. The molecule has 0 saturated carbocycles. The summed E-state index contributed by atoms with van der Waals surface area (Å²) in [4.78, 5) is 225. The Morgan fingerprint density at radius 1 is 0.303 bits per heavy atom. The van der Waals surface area contributed by atoms with Gasteiger partial charge in [0.05, 0.1) is 25.9 Å². The second-order valence-electron chi connectivity index (χ2n) is 32.1. The van der Waals surface area contributed by atoms with Gasteiger partial charge in [-0.05, 0) is 70.3 Å². The number of rotatable bonds is 63. The highest BCUT2D eigenvalue weighted by atomic mass is 16.7. The monoisotopic (exact) mass is 1890 g/mol. The Balaban J connectivity index is 1.46. The van der Waals surface area contributed by atoms with Gasteiger partial charge in [-0.2, -0.15) is 0 Å². The predicted molar refractivity (Wildman–Crippen MR) is 456 cm³/mol. The van der Waals surface area contributed by atoms with Gasteiger partial charge in [-0.25, -0.2) is 0 Å². The molecule has 3 saturated heterocycles. The maximum atomic E-state index is 14.2. The molecule has 45 heteroatoms. The third-order valence-corrected chi connectivity index (χ3v) is 20.5. The summed E-state index contributed by atoms with van der Waals surface area (Å²) in [6.45, 7) is 13.7. The average molecular weight is 1890 g/mol. The lowest BCUT2D eigenvalue weighted by molar-refractivity contribution is -0.277. The van der Waals surface area contributed by atoms with Crippen molar-refractivity contribution >= 4 is 107 Å². The maximum absolute atomic E-state index is 14.2. The average Bonchev–Trinajstić information content (AvgIpc) is 0.795. The number of esters is 9. The SMILES string of the molecule is CC(=O)N[C@H]1[C@H](OCCCCCCNC(=O)CCO[C@@H]2[C@H](OCCC(=O)NCCCCCCO[C@@H]3O[C@H](COC(C)=O)[C@H](OC(C)=O)[C@H](OC(C)=O)[C@H]3NC(C)=O)C=C(C(=O)NCCCCCC(=O)NCCCCC(=O)O)C[C@H]2OCCC(=O)NCCCCCCO[C@@H]2O[C@H](COC(C)=O)[C@H](OC(C)=O)[C@H](OC(C)=O)[C@H]2NC(C)=O)O[C@H](COC(C)=O)[C@H](OC(C)=O)[C@@H]1OC(C)=O. The minimum Gasteiger partial charge on any atom is -0.481 e. The Labute approximate surface area is 768 Å². The molecular weight excluding hydrogens is 1750 g/mol. The highest BCUT2D eigenvalue weighted by Crippen LogP contribution is 2.33. The quantitative estimate of drug-likeness (QED) is 0.0238. The molecule has 132 heavy (non-hydrogen) atoms. The lowest BCUT2D eigenvalue weighted by Gasteiger charge is -2.44. The first-order valence-electron chi connectivity index (χ1n) is 45.0. The zero-order valence-electron chi connectivity index (χ0n) is 77.8. The first-order valence-corrected chi connectivity index (χ1v) is 45.0. The van der Waals surface area contributed by atoms with E-state index in [2.05, 4.69) is 42.5 Å². The van der Waals surface area contributed by atoms with Crippen LogP contribution in [-0.4, -0.2) is 314 Å². The standard InChI is InChI=1S/C87H138N8O37/c1-51(96)93-74-81(127-60(10)105)78(124-57(7)102)66(48-121-54(4)99)130-85(74)118-40-27-16-13-22-35-89-70(109)32-43-115-64-46-63(84(114)92-39-25-19-20-30-69(108)88-38-26-21-31-73(112)113)47-65(116-44-33-71(110)90-36-23-14-17-28-41-119-86-75(94-52(2)97)82(128-61(11)106)79(125-58(8)103)67(131-86)49-122-55(5)100)77(64)117-45-34-72(111)91-37-24-15-18-29-42-120-87-76(95-53(3)98)83(129-62(12)107)80(126-59(9)104)68(132-87)50-123-56(6)101/h46,64-68,74-83,85-87H,13-45,47-50H2,1-12H3,(H,88,108)(H,89,109)(H,90,110)(H,91,111)(H,92,114)(H,93,96)(H,94,97)(H,95,98)(H,112,113)/t64-,65-,66-,67-,68-,74-,75-,76-,77-,78+,79+,80+,81-,82-,83-,85-,86-,87-/m1/s1. The van der Waals surface area contributed by atoms with Gasteiger partial charge in [0.15, 0.2) is 55.5 Å². The Morgan fingerprint density at radius 3 is 0.917 bits per heavy atom. The third kappa shape index (κ3) is 47.5. The third-order valence-electron chi connectivity index (χ3n) is 20.5. The molecule has 0 unspecified atom stereocenters. The summed E-state index contributed by atoms with van der Waals surface area (Å²) >= 11 is 0. The Morgan fingerprint density at radius 2 is 0.591 bits per heavy atom. The van der Waals surface area contributed by atoms with Crippen LogP contribution in [0.4, 0.5) is 0 Å². The van der Waals surface area contributed by atoms with Gasteiger partial charge in [0.1, 0.15) is 68.5 Å². The smallest absolute Gasteiger partial charge is 0.303 e. The van der Waals surface area contributed by atoms with Crippen LogP contribution in [0.2, 0.25) is 0 Å². The molecule has 0 spiro atoms. The van der Waals surface area contributed by atoms with E-state index in [1.165, 1.54) is 41.5 Å². The zero-order valence-corrected chi connectivity index (χ0v) is 77.8. The highest BCUT2D eigenvalue weighted by molar-refractivity contribution is 5.94. The molecule has 748 valence electrons. The second-order valence-corrected chi connectivity index (χ2v) is 32.1. The number of carboxylic acids is 1. The minimum absolute atomic E-state index is 0.00408. The molecule has 45 nitrogen and oxygen atoms in total.